The highest BCUT2D eigenvalue weighted by atomic mass is 79.9. The summed E-state index contributed by atoms with van der Waals surface area (Å²) >= 11 is 3.52. The summed E-state index contributed by atoms with van der Waals surface area (Å²) in [7, 11) is 1.59. The van der Waals surface area contributed by atoms with Crippen molar-refractivity contribution in [3.8, 4) is 5.69 Å². The Labute approximate surface area is 242 Å². The second kappa shape index (κ2) is 10.7. The van der Waals surface area contributed by atoms with E-state index in [-0.39, 0.29) is 30.0 Å². The van der Waals surface area contributed by atoms with Gasteiger partial charge < -0.3 is 10.2 Å². The molecule has 1 atom stereocenters. The van der Waals surface area contributed by atoms with E-state index in [2.05, 4.69) is 35.1 Å². The minimum absolute atomic E-state index is 0.0675. The number of hydrogen-bond acceptors (Lipinski definition) is 4. The standard InChI is InChI=1S/C31H34BrN5O3/c1-17(2)13-24-20(5)34-37-27-16-35(30(39)22-9-12-26(32)18(3)14-22)19(4)15-25(27)31(40)36(29(24)37)23-10-7-21(8-11-23)28(38)33-6/h7-12,14,17,19H,13,15-16H2,1-6H3,(H,33,38)/t19-/m1/s1. The van der Waals surface area contributed by atoms with E-state index in [0.29, 0.717) is 40.4 Å². The van der Waals surface area contributed by atoms with Crippen LogP contribution in [0.5, 0.6) is 0 Å². The Kier molecular flexibility index (Phi) is 7.44. The largest absolute Gasteiger partial charge is 0.355 e. The van der Waals surface area contributed by atoms with Crippen LogP contribution in [0, 0.1) is 19.8 Å². The van der Waals surface area contributed by atoms with Crippen LogP contribution in [0.2, 0.25) is 0 Å². The van der Waals surface area contributed by atoms with Crippen LogP contribution < -0.4 is 10.9 Å². The number of aromatic nitrogens is 3. The first kappa shape index (κ1) is 27.8. The average Bonchev–Trinajstić information content (AvgIpc) is 3.24. The zero-order valence-corrected chi connectivity index (χ0v) is 25.3. The monoisotopic (exact) mass is 603 g/mol. The number of nitrogens with one attached hydrogen (secondary N) is 1. The van der Waals surface area contributed by atoms with Crippen molar-refractivity contribution in [1.29, 1.82) is 0 Å². The molecule has 2 aromatic carbocycles. The molecule has 2 aromatic heterocycles. The van der Waals surface area contributed by atoms with Gasteiger partial charge in [-0.05, 0) is 87.6 Å². The molecule has 3 heterocycles. The summed E-state index contributed by atoms with van der Waals surface area (Å²) in [6, 6.07) is 12.5. The first-order valence-electron chi connectivity index (χ1n) is 13.6. The molecule has 8 nitrogen and oxygen atoms in total. The van der Waals surface area contributed by atoms with Gasteiger partial charge in [-0.25, -0.2) is 4.52 Å². The third-order valence-electron chi connectivity index (χ3n) is 7.68. The van der Waals surface area contributed by atoms with E-state index in [9.17, 15) is 14.4 Å². The highest BCUT2D eigenvalue weighted by Crippen LogP contribution is 2.29. The smallest absolute Gasteiger partial charge is 0.261 e. The summed E-state index contributed by atoms with van der Waals surface area (Å²) < 4.78 is 4.55. The van der Waals surface area contributed by atoms with Crippen molar-refractivity contribution in [2.45, 2.75) is 60.0 Å². The maximum absolute atomic E-state index is 14.3. The predicted molar refractivity (Wildman–Crippen MR) is 159 cm³/mol. The second-order valence-corrected chi connectivity index (χ2v) is 11.9. The van der Waals surface area contributed by atoms with Gasteiger partial charge in [-0.2, -0.15) is 5.10 Å². The first-order chi connectivity index (χ1) is 19.0. The molecule has 0 fully saturated rings. The molecule has 208 valence electrons. The number of amides is 2. The van der Waals surface area contributed by atoms with E-state index in [1.54, 1.807) is 35.9 Å². The minimum Gasteiger partial charge on any atom is -0.355 e. The van der Waals surface area contributed by atoms with Crippen LogP contribution in [0.1, 0.15) is 69.6 Å². The Hall–Kier alpha value is -3.72. The lowest BCUT2D eigenvalue weighted by Crippen LogP contribution is -2.46. The van der Waals surface area contributed by atoms with E-state index in [1.165, 1.54) is 0 Å². The third kappa shape index (κ3) is 4.76. The number of carbonyl (C=O) groups excluding carboxylic acids is 2. The fourth-order valence-electron chi connectivity index (χ4n) is 5.55. The van der Waals surface area contributed by atoms with Crippen molar-refractivity contribution in [1.82, 2.24) is 24.4 Å². The van der Waals surface area contributed by atoms with Crippen LogP contribution >= 0.6 is 15.9 Å². The SMILES string of the molecule is CNC(=O)c1ccc(-n2c(=O)c3c(n4nc(C)c(CC(C)C)c24)CN(C(=O)c2ccc(Br)c(C)c2)[C@H](C)C3)cc1. The summed E-state index contributed by atoms with van der Waals surface area (Å²) in [5.74, 6) is 0.0949. The van der Waals surface area contributed by atoms with Crippen molar-refractivity contribution >= 4 is 33.4 Å². The molecule has 0 bridgehead atoms. The normalized spacial score (nSPS) is 15.0. The van der Waals surface area contributed by atoms with Crippen molar-refractivity contribution in [3.63, 3.8) is 0 Å². The van der Waals surface area contributed by atoms with Crippen LogP contribution in [0.15, 0.2) is 51.7 Å². The van der Waals surface area contributed by atoms with Crippen LogP contribution in [0.3, 0.4) is 0 Å². The van der Waals surface area contributed by atoms with Crippen molar-refractivity contribution in [2.75, 3.05) is 7.05 Å². The van der Waals surface area contributed by atoms with Gasteiger partial charge >= 0.3 is 0 Å². The molecule has 0 radical (unpaired) electrons. The highest BCUT2D eigenvalue weighted by Gasteiger charge is 2.33. The predicted octanol–water partition coefficient (Wildman–Crippen LogP) is 5.01. The van der Waals surface area contributed by atoms with Crippen molar-refractivity contribution in [2.24, 2.45) is 5.92 Å². The van der Waals surface area contributed by atoms with Crippen LogP contribution in [0.4, 0.5) is 0 Å². The fourth-order valence-corrected chi connectivity index (χ4v) is 5.79. The molecule has 0 saturated heterocycles. The lowest BCUT2D eigenvalue weighted by Gasteiger charge is -2.35. The minimum atomic E-state index is -0.185. The number of nitrogens with zero attached hydrogens (tertiary/aromatic N) is 4. The number of hydrogen-bond donors (Lipinski definition) is 1. The molecule has 9 heteroatoms. The lowest BCUT2D eigenvalue weighted by atomic mass is 9.97. The molecule has 1 aliphatic heterocycles. The lowest BCUT2D eigenvalue weighted by molar-refractivity contribution is 0.0651. The summed E-state index contributed by atoms with van der Waals surface area (Å²) in [4.78, 5) is 41.9. The Morgan fingerprint density at radius 1 is 1.10 bits per heavy atom. The maximum atomic E-state index is 14.3. The second-order valence-electron chi connectivity index (χ2n) is 11.0. The number of aryl methyl sites for hydroxylation is 2. The Bertz CT molecular complexity index is 1700. The van der Waals surface area contributed by atoms with Crippen molar-refractivity contribution < 1.29 is 9.59 Å². The number of carbonyl (C=O) groups is 2. The molecule has 40 heavy (non-hydrogen) atoms. The van der Waals surface area contributed by atoms with Gasteiger partial charge in [0.2, 0.25) is 0 Å². The van der Waals surface area contributed by atoms with Gasteiger partial charge in [0.25, 0.3) is 17.4 Å². The zero-order valence-electron chi connectivity index (χ0n) is 23.7. The Morgan fingerprint density at radius 2 is 1.77 bits per heavy atom. The van der Waals surface area contributed by atoms with Gasteiger partial charge in [-0.1, -0.05) is 29.8 Å². The summed E-state index contributed by atoms with van der Waals surface area (Å²) in [5, 5.41) is 7.57. The molecular formula is C31H34BrN5O3. The Morgan fingerprint density at radius 3 is 2.40 bits per heavy atom. The molecule has 1 aliphatic rings. The van der Waals surface area contributed by atoms with Gasteiger partial charge in [-0.15, -0.1) is 0 Å². The fraction of sp³-hybridized carbons (Fsp3) is 0.355. The van der Waals surface area contributed by atoms with Crippen LogP contribution in [-0.4, -0.2) is 44.0 Å². The molecule has 2 amide bonds. The maximum Gasteiger partial charge on any atom is 0.261 e. The summed E-state index contributed by atoms with van der Waals surface area (Å²) in [5.41, 5.74) is 6.67. The van der Waals surface area contributed by atoms with Gasteiger partial charge in [0.15, 0.2) is 0 Å². The molecule has 5 rings (SSSR count). The molecule has 1 N–H and O–H groups in total. The zero-order chi connectivity index (χ0) is 28.9. The van der Waals surface area contributed by atoms with Crippen molar-refractivity contribution in [3.05, 3.63) is 96.5 Å². The number of benzene rings is 2. The van der Waals surface area contributed by atoms with E-state index < -0.39 is 0 Å². The van der Waals surface area contributed by atoms with Gasteiger partial charge in [-0.3, -0.25) is 19.0 Å². The number of halogens is 1. The highest BCUT2D eigenvalue weighted by molar-refractivity contribution is 9.10. The molecule has 4 aromatic rings. The number of fused-ring (bicyclic) bond motifs is 3. The molecule has 0 aliphatic carbocycles. The third-order valence-corrected chi connectivity index (χ3v) is 8.57. The van der Waals surface area contributed by atoms with Crippen LogP contribution in [0.25, 0.3) is 11.3 Å². The molecular weight excluding hydrogens is 570 g/mol. The summed E-state index contributed by atoms with van der Waals surface area (Å²) in [6.45, 7) is 10.5. The van der Waals surface area contributed by atoms with Crippen LogP contribution in [-0.2, 0) is 19.4 Å². The molecule has 0 unspecified atom stereocenters. The Balaban J connectivity index is 1.70. The van der Waals surface area contributed by atoms with E-state index >= 15 is 0 Å². The van der Waals surface area contributed by atoms with Gasteiger partial charge in [0, 0.05) is 39.8 Å². The van der Waals surface area contributed by atoms with Gasteiger partial charge in [0.05, 0.1) is 23.6 Å². The number of rotatable bonds is 5. The summed E-state index contributed by atoms with van der Waals surface area (Å²) in [6.07, 6.45) is 1.17. The van der Waals surface area contributed by atoms with Gasteiger partial charge in [0.1, 0.15) is 5.65 Å². The first-order valence-corrected chi connectivity index (χ1v) is 14.4. The topological polar surface area (TPSA) is 88.7 Å². The average molecular weight is 605 g/mol. The van der Waals surface area contributed by atoms with E-state index in [4.69, 9.17) is 5.10 Å². The van der Waals surface area contributed by atoms with E-state index in [0.717, 1.165) is 33.4 Å². The van der Waals surface area contributed by atoms with E-state index in [1.807, 2.05) is 48.4 Å². The quantitative estimate of drug-likeness (QED) is 0.347. The molecule has 0 saturated carbocycles. The molecule has 0 spiro atoms.